The highest BCUT2D eigenvalue weighted by Gasteiger charge is 2.35. The number of carboxylic acid groups (broad SMARTS) is 1. The normalized spacial score (nSPS) is 24.4. The van der Waals surface area contributed by atoms with Crippen LogP contribution < -0.4 is 0 Å². The predicted octanol–water partition coefficient (Wildman–Crippen LogP) is 1.86. The molecule has 1 aliphatic rings. The molecule has 1 fully saturated rings. The Morgan fingerprint density at radius 3 is 2.65 bits per heavy atom. The molecule has 2 unspecified atom stereocenters. The van der Waals surface area contributed by atoms with Crippen LogP contribution in [-0.4, -0.2) is 29.2 Å². The number of benzene rings is 1. The van der Waals surface area contributed by atoms with E-state index < -0.39 is 11.9 Å². The Kier molecular flexibility index (Phi) is 3.37. The van der Waals surface area contributed by atoms with Gasteiger partial charge in [0.05, 0.1) is 11.2 Å². The molecule has 2 atom stereocenters. The first-order valence-corrected chi connectivity index (χ1v) is 5.58. The van der Waals surface area contributed by atoms with Gasteiger partial charge < -0.3 is 5.11 Å². The van der Waals surface area contributed by atoms with Gasteiger partial charge in [-0.25, -0.2) is 0 Å². The number of piperidine rings is 1. The second kappa shape index (κ2) is 4.95. The Bertz CT molecular complexity index is 407. The van der Waals surface area contributed by atoms with Crippen molar-refractivity contribution >= 4 is 5.97 Å². The predicted molar refractivity (Wildman–Crippen MR) is 62.3 cm³/mol. The summed E-state index contributed by atoms with van der Waals surface area (Å²) < 4.78 is 0. The van der Waals surface area contributed by atoms with E-state index in [-0.39, 0.29) is 5.92 Å². The molecular formula is C12H14N2O3. The summed E-state index contributed by atoms with van der Waals surface area (Å²) in [6.45, 7) is 0.800. The van der Waals surface area contributed by atoms with Gasteiger partial charge in [-0.2, -0.15) is 0 Å². The van der Waals surface area contributed by atoms with Crippen LogP contribution in [0.5, 0.6) is 0 Å². The molecule has 1 N–H and O–H groups in total. The maximum Gasteiger partial charge on any atom is 0.307 e. The van der Waals surface area contributed by atoms with Crippen molar-refractivity contribution in [1.82, 2.24) is 5.01 Å². The highest BCUT2D eigenvalue weighted by Crippen LogP contribution is 2.32. The maximum absolute atomic E-state index is 11.2. The van der Waals surface area contributed by atoms with E-state index in [1.807, 2.05) is 30.3 Å². The molecule has 5 heteroatoms. The number of hydrogen-bond donors (Lipinski definition) is 1. The molecule has 5 nitrogen and oxygen atoms in total. The zero-order valence-corrected chi connectivity index (χ0v) is 9.32. The Morgan fingerprint density at radius 2 is 2.06 bits per heavy atom. The fourth-order valence-corrected chi connectivity index (χ4v) is 2.34. The summed E-state index contributed by atoms with van der Waals surface area (Å²) in [4.78, 5) is 21.7. The number of carboxylic acids is 1. The summed E-state index contributed by atoms with van der Waals surface area (Å²) in [6, 6.07) is 9.44. The molecule has 0 spiro atoms. The molecule has 17 heavy (non-hydrogen) atoms. The average Bonchev–Trinajstić information content (AvgIpc) is 2.39. The molecule has 0 saturated carbocycles. The van der Waals surface area contributed by atoms with Crippen LogP contribution in [0.4, 0.5) is 0 Å². The second-order valence-electron chi connectivity index (χ2n) is 4.24. The van der Waals surface area contributed by atoms with Gasteiger partial charge in [0.1, 0.15) is 0 Å². The van der Waals surface area contributed by atoms with Gasteiger partial charge in [-0.05, 0) is 12.0 Å². The fourth-order valence-electron chi connectivity index (χ4n) is 2.34. The van der Waals surface area contributed by atoms with Crippen molar-refractivity contribution < 1.29 is 9.90 Å². The van der Waals surface area contributed by atoms with Crippen LogP contribution in [0.3, 0.4) is 0 Å². The molecule has 0 radical (unpaired) electrons. The Morgan fingerprint density at radius 1 is 1.35 bits per heavy atom. The maximum atomic E-state index is 11.2. The quantitative estimate of drug-likeness (QED) is 0.810. The van der Waals surface area contributed by atoms with Gasteiger partial charge in [0.15, 0.2) is 0 Å². The van der Waals surface area contributed by atoms with Crippen LogP contribution in [0.15, 0.2) is 35.6 Å². The van der Waals surface area contributed by atoms with Crippen molar-refractivity contribution in [3.8, 4) is 0 Å². The van der Waals surface area contributed by atoms with E-state index in [4.69, 9.17) is 0 Å². The monoisotopic (exact) mass is 234 g/mol. The number of nitrogens with zero attached hydrogens (tertiary/aromatic N) is 2. The van der Waals surface area contributed by atoms with Gasteiger partial charge in [0, 0.05) is 19.0 Å². The first-order valence-electron chi connectivity index (χ1n) is 5.58. The molecule has 1 aromatic carbocycles. The number of nitroso groups, excluding NO2 is 1. The summed E-state index contributed by atoms with van der Waals surface area (Å²) in [5.74, 6) is -1.40. The Hall–Kier alpha value is -1.91. The van der Waals surface area contributed by atoms with Crippen LogP contribution in [0.25, 0.3) is 0 Å². The third-order valence-corrected chi connectivity index (χ3v) is 3.25. The lowest BCUT2D eigenvalue weighted by Gasteiger charge is -2.33. The number of hydrogen-bond acceptors (Lipinski definition) is 3. The van der Waals surface area contributed by atoms with E-state index in [0.717, 1.165) is 5.56 Å². The summed E-state index contributed by atoms with van der Waals surface area (Å²) in [7, 11) is 0. The zero-order chi connectivity index (χ0) is 12.3. The first kappa shape index (κ1) is 11.6. The minimum atomic E-state index is -0.801. The van der Waals surface area contributed by atoms with Crippen LogP contribution in [0.1, 0.15) is 17.9 Å². The van der Waals surface area contributed by atoms with Crippen molar-refractivity contribution in [2.24, 2.45) is 11.2 Å². The van der Waals surface area contributed by atoms with Gasteiger partial charge in [-0.3, -0.25) is 9.80 Å². The minimum absolute atomic E-state index is 0.167. The van der Waals surface area contributed by atoms with E-state index in [1.54, 1.807) is 0 Å². The molecule has 0 amide bonds. The SMILES string of the molecule is O=NN1CCC(C(=O)O)C(c2ccccc2)C1. The average molecular weight is 234 g/mol. The lowest BCUT2D eigenvalue weighted by atomic mass is 9.81. The number of aliphatic carboxylic acids is 1. The molecule has 90 valence electrons. The minimum Gasteiger partial charge on any atom is -0.481 e. The second-order valence-corrected chi connectivity index (χ2v) is 4.24. The topological polar surface area (TPSA) is 70.0 Å². The number of carbonyl (C=O) groups is 1. The Balaban J connectivity index is 2.25. The molecule has 0 aliphatic carbocycles. The summed E-state index contributed by atoms with van der Waals surface area (Å²) >= 11 is 0. The van der Waals surface area contributed by atoms with E-state index in [1.165, 1.54) is 5.01 Å². The van der Waals surface area contributed by atoms with Gasteiger partial charge in [-0.15, -0.1) is 4.91 Å². The molecule has 1 heterocycles. The first-order chi connectivity index (χ1) is 8.22. The number of rotatable bonds is 3. The molecule has 0 aromatic heterocycles. The third kappa shape index (κ3) is 2.43. The van der Waals surface area contributed by atoms with Crippen LogP contribution >= 0.6 is 0 Å². The Labute approximate surface area is 99.0 Å². The highest BCUT2D eigenvalue weighted by molar-refractivity contribution is 5.71. The van der Waals surface area contributed by atoms with Crippen molar-refractivity contribution in [1.29, 1.82) is 0 Å². The van der Waals surface area contributed by atoms with Crippen molar-refractivity contribution in [2.75, 3.05) is 13.1 Å². The highest BCUT2D eigenvalue weighted by atomic mass is 16.4. The van der Waals surface area contributed by atoms with E-state index in [9.17, 15) is 14.8 Å². The van der Waals surface area contributed by atoms with Crippen molar-refractivity contribution in [3.05, 3.63) is 40.8 Å². The molecule has 1 aliphatic heterocycles. The van der Waals surface area contributed by atoms with Crippen LogP contribution in [0.2, 0.25) is 0 Å². The smallest absolute Gasteiger partial charge is 0.307 e. The molecule has 0 bridgehead atoms. The van der Waals surface area contributed by atoms with Gasteiger partial charge in [0.2, 0.25) is 0 Å². The largest absolute Gasteiger partial charge is 0.481 e. The lowest BCUT2D eigenvalue weighted by Crippen LogP contribution is -2.39. The van der Waals surface area contributed by atoms with Crippen molar-refractivity contribution in [3.63, 3.8) is 0 Å². The summed E-state index contributed by atoms with van der Waals surface area (Å²) in [5, 5.41) is 13.5. The van der Waals surface area contributed by atoms with E-state index >= 15 is 0 Å². The fraction of sp³-hybridized carbons (Fsp3) is 0.417. The molecule has 1 aromatic rings. The molecule has 1 saturated heterocycles. The standard InChI is InChI=1S/C12H14N2O3/c15-12(16)10-6-7-14(13-17)8-11(10)9-4-2-1-3-5-9/h1-5,10-11H,6-8H2,(H,15,16). The summed E-state index contributed by atoms with van der Waals surface area (Å²) in [6.07, 6.45) is 0.459. The van der Waals surface area contributed by atoms with Gasteiger partial charge >= 0.3 is 5.97 Å². The summed E-state index contributed by atoms with van der Waals surface area (Å²) in [5.41, 5.74) is 0.952. The lowest BCUT2D eigenvalue weighted by molar-refractivity contribution is -0.144. The van der Waals surface area contributed by atoms with Crippen molar-refractivity contribution in [2.45, 2.75) is 12.3 Å². The third-order valence-electron chi connectivity index (χ3n) is 3.25. The van der Waals surface area contributed by atoms with Crippen LogP contribution in [-0.2, 0) is 4.79 Å². The van der Waals surface area contributed by atoms with E-state index in [0.29, 0.717) is 19.5 Å². The zero-order valence-electron chi connectivity index (χ0n) is 9.32. The van der Waals surface area contributed by atoms with E-state index in [2.05, 4.69) is 5.29 Å². The van der Waals surface area contributed by atoms with Gasteiger partial charge in [-0.1, -0.05) is 30.3 Å². The molecule has 2 rings (SSSR count). The molecular weight excluding hydrogens is 220 g/mol. The van der Waals surface area contributed by atoms with Crippen LogP contribution in [0, 0.1) is 10.8 Å². The van der Waals surface area contributed by atoms with Gasteiger partial charge in [0.25, 0.3) is 0 Å².